The van der Waals surface area contributed by atoms with E-state index in [1.54, 1.807) is 0 Å². The summed E-state index contributed by atoms with van der Waals surface area (Å²) in [4.78, 5) is 12.0. The van der Waals surface area contributed by atoms with Crippen molar-refractivity contribution in [1.82, 2.24) is 14.9 Å². The fourth-order valence-electron chi connectivity index (χ4n) is 3.25. The summed E-state index contributed by atoms with van der Waals surface area (Å²) in [6.07, 6.45) is 8.49. The van der Waals surface area contributed by atoms with Crippen LogP contribution in [0.15, 0.2) is 29.4 Å². The van der Waals surface area contributed by atoms with Crippen LogP contribution in [0.3, 0.4) is 0 Å². The van der Waals surface area contributed by atoms with Crippen LogP contribution in [-0.4, -0.2) is 26.5 Å². The molecule has 2 aromatic rings. The smallest absolute Gasteiger partial charge is 0.234 e. The Hall–Kier alpha value is -2.09. The molecule has 1 aliphatic rings. The Morgan fingerprint density at radius 1 is 1.23 bits per heavy atom. The number of carbonyl (C=O) groups is 1. The van der Waals surface area contributed by atoms with Crippen LogP contribution in [0.5, 0.6) is 0 Å². The van der Waals surface area contributed by atoms with Gasteiger partial charge in [0.2, 0.25) is 11.1 Å². The van der Waals surface area contributed by atoms with Crippen molar-refractivity contribution in [1.29, 1.82) is 0 Å². The number of aryl methyl sites for hydroxylation is 1. The Morgan fingerprint density at radius 2 is 1.96 bits per heavy atom. The van der Waals surface area contributed by atoms with E-state index in [1.807, 2.05) is 0 Å². The van der Waals surface area contributed by atoms with E-state index in [0.29, 0.717) is 10.8 Å². The maximum absolute atomic E-state index is 12.9. The molecule has 140 valence electrons. The number of carbonyl (C=O) groups excluding carboxylic acids is 1. The number of aromatic nitrogens is 3. The van der Waals surface area contributed by atoms with Crippen molar-refractivity contribution in [2.24, 2.45) is 5.92 Å². The molecule has 1 fully saturated rings. The van der Waals surface area contributed by atoms with Gasteiger partial charge in [-0.15, -0.1) is 10.2 Å². The van der Waals surface area contributed by atoms with E-state index in [0.717, 1.165) is 24.6 Å². The normalized spacial score (nSPS) is 15.1. The zero-order valence-electron chi connectivity index (χ0n) is 14.7. The molecule has 0 unspecified atom stereocenters. The van der Waals surface area contributed by atoms with Crippen molar-refractivity contribution >= 4 is 23.4 Å². The molecule has 3 N–H and O–H groups in total. The largest absolute Gasteiger partial charge is 0.336 e. The molecule has 0 radical (unpaired) electrons. The average Bonchev–Trinajstić information content (AvgIpc) is 3.01. The highest BCUT2D eigenvalue weighted by molar-refractivity contribution is 7.99. The van der Waals surface area contributed by atoms with Crippen molar-refractivity contribution in [2.45, 2.75) is 50.1 Å². The average molecular weight is 377 g/mol. The molecule has 26 heavy (non-hydrogen) atoms. The van der Waals surface area contributed by atoms with Gasteiger partial charge in [0.1, 0.15) is 5.82 Å². The fourth-order valence-corrected chi connectivity index (χ4v) is 3.92. The predicted octanol–water partition coefficient (Wildman–Crippen LogP) is 3.37. The summed E-state index contributed by atoms with van der Waals surface area (Å²) in [5.41, 5.74) is 0.555. The second-order valence-electron chi connectivity index (χ2n) is 6.66. The van der Waals surface area contributed by atoms with E-state index >= 15 is 0 Å². The van der Waals surface area contributed by atoms with Gasteiger partial charge < -0.3 is 11.2 Å². The molecule has 1 aromatic carbocycles. The molecule has 0 saturated heterocycles. The summed E-state index contributed by atoms with van der Waals surface area (Å²) >= 11 is 1.24. The Bertz CT molecular complexity index is 728. The van der Waals surface area contributed by atoms with Gasteiger partial charge in [-0.3, -0.25) is 4.79 Å². The first-order valence-corrected chi connectivity index (χ1v) is 9.98. The first-order valence-electron chi connectivity index (χ1n) is 8.99. The van der Waals surface area contributed by atoms with Crippen molar-refractivity contribution in [3.63, 3.8) is 0 Å². The molecule has 8 heteroatoms. The number of benzene rings is 1. The van der Waals surface area contributed by atoms with E-state index in [4.69, 9.17) is 5.84 Å². The fraction of sp³-hybridized carbons (Fsp3) is 0.500. The lowest BCUT2D eigenvalue weighted by Gasteiger charge is -2.20. The van der Waals surface area contributed by atoms with Gasteiger partial charge in [0.05, 0.1) is 5.75 Å². The second kappa shape index (κ2) is 9.02. The standard InChI is InChI=1S/C18H24FN5OS/c19-14-7-9-15(10-8-14)21-17(25)12-26-18-23-22-16(24(18)20)11-6-13-4-2-1-3-5-13/h7-10,13H,1-6,11-12,20H2,(H,21,25). The zero-order chi connectivity index (χ0) is 18.4. The van der Waals surface area contributed by atoms with Gasteiger partial charge in [-0.05, 0) is 36.6 Å². The van der Waals surface area contributed by atoms with E-state index in [2.05, 4.69) is 15.5 Å². The Morgan fingerprint density at radius 3 is 2.69 bits per heavy atom. The van der Waals surface area contributed by atoms with Gasteiger partial charge >= 0.3 is 0 Å². The molecule has 1 aliphatic carbocycles. The summed E-state index contributed by atoms with van der Waals surface area (Å²) in [5.74, 6) is 7.22. The molecule has 1 aromatic heterocycles. The topological polar surface area (TPSA) is 85.8 Å². The number of anilines is 1. The third-order valence-corrected chi connectivity index (χ3v) is 5.64. The predicted molar refractivity (Wildman–Crippen MR) is 101 cm³/mol. The molecule has 6 nitrogen and oxygen atoms in total. The lowest BCUT2D eigenvalue weighted by Crippen LogP contribution is -2.18. The Labute approximate surface area is 156 Å². The number of halogens is 1. The minimum Gasteiger partial charge on any atom is -0.336 e. The molecule has 0 bridgehead atoms. The van der Waals surface area contributed by atoms with Gasteiger partial charge in [-0.1, -0.05) is 43.9 Å². The third kappa shape index (κ3) is 5.20. The van der Waals surface area contributed by atoms with E-state index in [-0.39, 0.29) is 17.5 Å². The van der Waals surface area contributed by atoms with E-state index in [1.165, 1.54) is 72.8 Å². The highest BCUT2D eigenvalue weighted by Crippen LogP contribution is 2.27. The minimum atomic E-state index is -0.339. The molecule has 3 rings (SSSR count). The van der Waals surface area contributed by atoms with Gasteiger partial charge in [0.25, 0.3) is 0 Å². The van der Waals surface area contributed by atoms with E-state index in [9.17, 15) is 9.18 Å². The first-order chi connectivity index (χ1) is 12.6. The SMILES string of the molecule is Nn1c(CCC2CCCCC2)nnc1SCC(=O)Nc1ccc(F)cc1. The molecule has 0 spiro atoms. The Balaban J connectivity index is 1.46. The van der Waals surface area contributed by atoms with Gasteiger partial charge in [-0.2, -0.15) is 0 Å². The molecular formula is C18H24FN5OS. The highest BCUT2D eigenvalue weighted by atomic mass is 32.2. The number of hydrogen-bond donors (Lipinski definition) is 2. The van der Waals surface area contributed by atoms with Gasteiger partial charge in [0.15, 0.2) is 5.82 Å². The summed E-state index contributed by atoms with van der Waals surface area (Å²) in [5, 5.41) is 11.5. The second-order valence-corrected chi connectivity index (χ2v) is 7.60. The lowest BCUT2D eigenvalue weighted by molar-refractivity contribution is -0.113. The van der Waals surface area contributed by atoms with Crippen LogP contribution in [0.4, 0.5) is 10.1 Å². The maximum Gasteiger partial charge on any atom is 0.234 e. The minimum absolute atomic E-state index is 0.162. The molecule has 1 amide bonds. The van der Waals surface area contributed by atoms with E-state index < -0.39 is 0 Å². The summed E-state index contributed by atoms with van der Waals surface area (Å²) in [7, 11) is 0. The van der Waals surface area contributed by atoms with Crippen LogP contribution in [0, 0.1) is 11.7 Å². The van der Waals surface area contributed by atoms with Crippen molar-refractivity contribution in [2.75, 3.05) is 16.9 Å². The number of nitrogens with zero attached hydrogens (tertiary/aromatic N) is 3. The highest BCUT2D eigenvalue weighted by Gasteiger charge is 2.17. The number of rotatable bonds is 7. The number of hydrogen-bond acceptors (Lipinski definition) is 5. The van der Waals surface area contributed by atoms with Crippen LogP contribution in [-0.2, 0) is 11.2 Å². The maximum atomic E-state index is 12.9. The molecule has 1 heterocycles. The molecule has 0 aliphatic heterocycles. The lowest BCUT2D eigenvalue weighted by atomic mass is 9.86. The monoisotopic (exact) mass is 377 g/mol. The van der Waals surface area contributed by atoms with Crippen LogP contribution in [0.25, 0.3) is 0 Å². The number of thioether (sulfide) groups is 1. The third-order valence-electron chi connectivity index (χ3n) is 4.70. The summed E-state index contributed by atoms with van der Waals surface area (Å²) < 4.78 is 14.4. The molecular weight excluding hydrogens is 353 g/mol. The zero-order valence-corrected chi connectivity index (χ0v) is 15.5. The van der Waals surface area contributed by atoms with Crippen LogP contribution in [0.1, 0.15) is 44.3 Å². The Kier molecular flexibility index (Phi) is 6.49. The van der Waals surface area contributed by atoms with Crippen LogP contribution >= 0.6 is 11.8 Å². The first kappa shape index (κ1) is 18.7. The number of nitrogens with one attached hydrogen (secondary N) is 1. The summed E-state index contributed by atoms with van der Waals surface area (Å²) in [6, 6.07) is 5.65. The molecule has 1 saturated carbocycles. The van der Waals surface area contributed by atoms with Crippen molar-refractivity contribution < 1.29 is 9.18 Å². The number of nitrogens with two attached hydrogens (primary N) is 1. The number of amides is 1. The quantitative estimate of drug-likeness (QED) is 0.571. The molecule has 0 atom stereocenters. The van der Waals surface area contributed by atoms with Crippen molar-refractivity contribution in [3.8, 4) is 0 Å². The van der Waals surface area contributed by atoms with Crippen LogP contribution < -0.4 is 11.2 Å². The summed E-state index contributed by atoms with van der Waals surface area (Å²) in [6.45, 7) is 0. The van der Waals surface area contributed by atoms with Crippen molar-refractivity contribution in [3.05, 3.63) is 35.9 Å². The number of nitrogen functional groups attached to an aromatic ring is 1. The van der Waals surface area contributed by atoms with Crippen LogP contribution in [0.2, 0.25) is 0 Å². The van der Waals surface area contributed by atoms with Gasteiger partial charge in [0, 0.05) is 12.1 Å². The van der Waals surface area contributed by atoms with Gasteiger partial charge in [-0.25, -0.2) is 9.07 Å².